The molecule has 1 aromatic heterocycles. The first kappa shape index (κ1) is 16.2. The van der Waals surface area contributed by atoms with Crippen molar-refractivity contribution in [2.45, 2.75) is 18.9 Å². The number of hydrogen-bond donors (Lipinski definition) is 4. The summed E-state index contributed by atoms with van der Waals surface area (Å²) >= 11 is 1.22. The van der Waals surface area contributed by atoms with E-state index in [2.05, 4.69) is 22.2 Å². The summed E-state index contributed by atoms with van der Waals surface area (Å²) in [4.78, 5) is 18.1. The Morgan fingerprint density at radius 1 is 1.59 bits per heavy atom. The number of carbonyl (C=O) groups is 1. The zero-order valence-electron chi connectivity index (χ0n) is 12.4. The van der Waals surface area contributed by atoms with Gasteiger partial charge in [-0.15, -0.1) is 0 Å². The quantitative estimate of drug-likeness (QED) is 0.496. The summed E-state index contributed by atoms with van der Waals surface area (Å²) in [6, 6.07) is -0.0395. The van der Waals surface area contributed by atoms with E-state index in [4.69, 9.17) is 15.9 Å². The van der Waals surface area contributed by atoms with Crippen LogP contribution in [0.25, 0.3) is 0 Å². The monoisotopic (exact) mass is 324 g/mol. The lowest BCUT2D eigenvalue weighted by Gasteiger charge is -2.29. The predicted molar refractivity (Wildman–Crippen MR) is 87.6 cm³/mol. The van der Waals surface area contributed by atoms with E-state index in [0.29, 0.717) is 28.9 Å². The number of ether oxygens (including phenoxy) is 1. The maximum atomic E-state index is 12.2. The molecule has 2 heterocycles. The zero-order valence-corrected chi connectivity index (χ0v) is 13.2. The Morgan fingerprint density at radius 3 is 2.86 bits per heavy atom. The van der Waals surface area contributed by atoms with Gasteiger partial charge in [0, 0.05) is 19.1 Å². The fourth-order valence-electron chi connectivity index (χ4n) is 2.09. The minimum atomic E-state index is -0.207. The highest BCUT2D eigenvalue weighted by Crippen LogP contribution is 2.29. The van der Waals surface area contributed by atoms with Crippen molar-refractivity contribution in [3.05, 3.63) is 18.5 Å². The van der Waals surface area contributed by atoms with E-state index in [0.717, 1.165) is 12.8 Å². The van der Waals surface area contributed by atoms with Gasteiger partial charge in [0.2, 0.25) is 5.90 Å². The number of nitrogens with one attached hydrogen (secondary N) is 3. The molecule has 0 atom stereocenters. The van der Waals surface area contributed by atoms with Gasteiger partial charge in [0.15, 0.2) is 10.8 Å². The van der Waals surface area contributed by atoms with Crippen LogP contribution < -0.4 is 16.4 Å². The van der Waals surface area contributed by atoms with Crippen molar-refractivity contribution in [3.63, 3.8) is 0 Å². The number of nitrogens with zero attached hydrogens (tertiary/aromatic N) is 2. The number of aromatic nitrogens is 1. The molecule has 0 aromatic carbocycles. The fraction of sp³-hybridized carbons (Fsp3) is 0.462. The number of methoxy groups -OCH3 is 1. The van der Waals surface area contributed by atoms with Gasteiger partial charge in [-0.2, -0.15) is 0 Å². The Kier molecular flexibility index (Phi) is 5.34. The van der Waals surface area contributed by atoms with E-state index in [9.17, 15) is 4.79 Å². The summed E-state index contributed by atoms with van der Waals surface area (Å²) in [5, 5.41) is 14.4. The molecule has 22 heavy (non-hydrogen) atoms. The van der Waals surface area contributed by atoms with Gasteiger partial charge in [0.1, 0.15) is 5.00 Å². The number of carbonyl (C=O) groups excluding carboxylic acids is 1. The van der Waals surface area contributed by atoms with E-state index >= 15 is 0 Å². The van der Waals surface area contributed by atoms with E-state index < -0.39 is 0 Å². The average molecular weight is 324 g/mol. The zero-order chi connectivity index (χ0) is 16.1. The van der Waals surface area contributed by atoms with E-state index in [-0.39, 0.29) is 18.0 Å². The summed E-state index contributed by atoms with van der Waals surface area (Å²) in [5.41, 5.74) is 6.17. The molecular weight excluding hydrogens is 304 g/mol. The molecule has 2 amide bonds. The van der Waals surface area contributed by atoms with Crippen LogP contribution >= 0.6 is 11.3 Å². The Hall–Kier alpha value is -2.13. The van der Waals surface area contributed by atoms with Gasteiger partial charge >= 0.3 is 6.03 Å². The Labute approximate surface area is 132 Å². The molecule has 9 heteroatoms. The van der Waals surface area contributed by atoms with Gasteiger partial charge in [0.05, 0.1) is 7.11 Å². The van der Waals surface area contributed by atoms with Crippen LogP contribution in [0.4, 0.5) is 14.9 Å². The summed E-state index contributed by atoms with van der Waals surface area (Å²) in [7, 11) is 1.40. The molecule has 1 aliphatic rings. The third kappa shape index (κ3) is 3.74. The van der Waals surface area contributed by atoms with E-state index in [1.807, 2.05) is 0 Å². The van der Waals surface area contributed by atoms with Crippen LogP contribution in [-0.4, -0.2) is 48.1 Å². The first-order valence-corrected chi connectivity index (χ1v) is 7.69. The van der Waals surface area contributed by atoms with Crippen molar-refractivity contribution in [1.29, 1.82) is 5.41 Å². The molecule has 1 aliphatic heterocycles. The number of amides is 2. The first-order valence-electron chi connectivity index (χ1n) is 6.87. The number of likely N-dealkylation sites (tertiary alicyclic amines) is 1. The SMILES string of the molecule is C=CNc1sc(NC(=O)N2CCC(N)CC2)nc1C(=N)OC. The molecule has 8 nitrogen and oxygen atoms in total. The van der Waals surface area contributed by atoms with E-state index in [1.165, 1.54) is 24.6 Å². The smallest absolute Gasteiger partial charge is 0.323 e. The van der Waals surface area contributed by atoms with Crippen molar-refractivity contribution < 1.29 is 9.53 Å². The number of thiazole rings is 1. The van der Waals surface area contributed by atoms with Crippen LogP contribution in [0, 0.1) is 5.41 Å². The lowest BCUT2D eigenvalue weighted by atomic mass is 10.1. The second kappa shape index (κ2) is 7.23. The molecule has 2 rings (SSSR count). The number of nitrogens with two attached hydrogens (primary N) is 1. The predicted octanol–water partition coefficient (Wildman–Crippen LogP) is 1.63. The average Bonchev–Trinajstić information content (AvgIpc) is 2.90. The van der Waals surface area contributed by atoms with Crippen LogP contribution in [0.1, 0.15) is 18.5 Å². The molecule has 0 spiro atoms. The van der Waals surface area contributed by atoms with Crippen molar-refractivity contribution in [1.82, 2.24) is 9.88 Å². The highest BCUT2D eigenvalue weighted by Gasteiger charge is 2.22. The lowest BCUT2D eigenvalue weighted by molar-refractivity contribution is 0.195. The first-order chi connectivity index (χ1) is 10.5. The Balaban J connectivity index is 2.07. The normalized spacial score (nSPS) is 15.3. The maximum absolute atomic E-state index is 12.2. The Bertz CT molecular complexity index is 565. The summed E-state index contributed by atoms with van der Waals surface area (Å²) in [5.74, 6) is -0.0787. The van der Waals surface area contributed by atoms with Gasteiger partial charge in [-0.25, -0.2) is 9.78 Å². The molecule has 0 aliphatic carbocycles. The molecule has 0 saturated carbocycles. The molecule has 0 unspecified atom stereocenters. The summed E-state index contributed by atoms with van der Waals surface area (Å²) in [6.07, 6.45) is 3.08. The molecule has 1 fully saturated rings. The van der Waals surface area contributed by atoms with E-state index in [1.54, 1.807) is 4.90 Å². The summed E-state index contributed by atoms with van der Waals surface area (Å²) < 4.78 is 4.89. The second-order valence-corrected chi connectivity index (χ2v) is 5.83. The van der Waals surface area contributed by atoms with Crippen LogP contribution in [-0.2, 0) is 4.74 Å². The minimum absolute atomic E-state index is 0.0787. The van der Waals surface area contributed by atoms with Crippen LogP contribution in [0.2, 0.25) is 0 Å². The van der Waals surface area contributed by atoms with Crippen LogP contribution in [0.5, 0.6) is 0 Å². The standard InChI is InChI=1S/C13H20N6O2S/c1-3-16-11-9(10(15)21-2)17-12(22-11)18-13(20)19-6-4-8(14)5-7-19/h3,8,15-16H,1,4-7,14H2,2H3,(H,17,18,20). The number of piperidine rings is 1. The fourth-order valence-corrected chi connectivity index (χ4v) is 2.93. The molecule has 120 valence electrons. The number of hydrogen-bond acceptors (Lipinski definition) is 7. The van der Waals surface area contributed by atoms with Crippen LogP contribution in [0.15, 0.2) is 12.8 Å². The molecule has 0 bridgehead atoms. The second-order valence-electron chi connectivity index (χ2n) is 4.83. The molecule has 1 aromatic rings. The van der Waals surface area contributed by atoms with Crippen LogP contribution in [0.3, 0.4) is 0 Å². The number of anilines is 2. The summed E-state index contributed by atoms with van der Waals surface area (Å²) in [6.45, 7) is 4.85. The highest BCUT2D eigenvalue weighted by atomic mass is 32.1. The van der Waals surface area contributed by atoms with Gasteiger partial charge in [-0.3, -0.25) is 10.7 Å². The molecule has 5 N–H and O–H groups in total. The van der Waals surface area contributed by atoms with Gasteiger partial charge in [-0.05, 0) is 19.0 Å². The minimum Gasteiger partial charge on any atom is -0.480 e. The third-order valence-electron chi connectivity index (χ3n) is 3.32. The van der Waals surface area contributed by atoms with Crippen molar-refractivity contribution in [2.24, 2.45) is 5.73 Å². The van der Waals surface area contributed by atoms with Gasteiger partial charge < -0.3 is 20.7 Å². The van der Waals surface area contributed by atoms with Gasteiger partial charge in [0.25, 0.3) is 0 Å². The maximum Gasteiger partial charge on any atom is 0.323 e. The third-order valence-corrected chi connectivity index (χ3v) is 4.22. The molecule has 1 saturated heterocycles. The number of urea groups is 1. The van der Waals surface area contributed by atoms with Crippen molar-refractivity contribution in [2.75, 3.05) is 30.8 Å². The van der Waals surface area contributed by atoms with Crippen molar-refractivity contribution >= 4 is 33.4 Å². The highest BCUT2D eigenvalue weighted by molar-refractivity contribution is 7.20. The topological polar surface area (TPSA) is 116 Å². The van der Waals surface area contributed by atoms with Crippen molar-refractivity contribution in [3.8, 4) is 0 Å². The number of rotatable bonds is 4. The largest absolute Gasteiger partial charge is 0.480 e. The van der Waals surface area contributed by atoms with Gasteiger partial charge in [-0.1, -0.05) is 17.9 Å². The lowest BCUT2D eigenvalue weighted by Crippen LogP contribution is -2.44. The molecule has 0 radical (unpaired) electrons. The molecular formula is C13H20N6O2S. The Morgan fingerprint density at radius 2 is 2.27 bits per heavy atom.